The molecule has 0 saturated carbocycles. The highest BCUT2D eigenvalue weighted by molar-refractivity contribution is 5.96. The summed E-state index contributed by atoms with van der Waals surface area (Å²) in [5, 5.41) is 5.71. The van der Waals surface area contributed by atoms with Crippen molar-refractivity contribution < 1.29 is 19.1 Å². The zero-order valence-corrected chi connectivity index (χ0v) is 15.1. The maximum absolute atomic E-state index is 12.4. The second-order valence-electron chi connectivity index (χ2n) is 6.70. The molecule has 26 heavy (non-hydrogen) atoms. The Labute approximate surface area is 152 Å². The highest BCUT2D eigenvalue weighted by atomic mass is 16.6. The van der Waals surface area contributed by atoms with Gasteiger partial charge in [0.15, 0.2) is 17.3 Å². The summed E-state index contributed by atoms with van der Waals surface area (Å²) in [6.45, 7) is 6.35. The molecule has 0 radical (unpaired) electrons. The fourth-order valence-electron chi connectivity index (χ4n) is 2.77. The highest BCUT2D eigenvalue weighted by Crippen LogP contribution is 2.34. The first-order chi connectivity index (χ1) is 12.3. The summed E-state index contributed by atoms with van der Waals surface area (Å²) in [5.74, 6) is 1.34. The van der Waals surface area contributed by atoms with Crippen LogP contribution < -0.4 is 20.1 Å². The number of anilines is 1. The van der Waals surface area contributed by atoms with E-state index in [1.165, 1.54) is 6.92 Å². The summed E-state index contributed by atoms with van der Waals surface area (Å²) in [4.78, 5) is 23.9. The average molecular weight is 354 g/mol. The van der Waals surface area contributed by atoms with Gasteiger partial charge in [0.05, 0.1) is 5.54 Å². The Balaban J connectivity index is 1.71. The first kappa shape index (κ1) is 17.8. The van der Waals surface area contributed by atoms with Crippen LogP contribution in [0.5, 0.6) is 11.5 Å². The van der Waals surface area contributed by atoms with Gasteiger partial charge in [-0.05, 0) is 50.6 Å². The molecule has 2 amide bonds. The fraction of sp³-hybridized carbons (Fsp3) is 0.300. The van der Waals surface area contributed by atoms with E-state index in [-0.39, 0.29) is 11.8 Å². The maximum atomic E-state index is 12.4. The van der Waals surface area contributed by atoms with Crippen LogP contribution in [0.25, 0.3) is 0 Å². The lowest BCUT2D eigenvalue weighted by atomic mass is 9.94. The molecule has 6 heteroatoms. The SMILES string of the molecule is CC(=O)c1cccc(NC(=O)NC(C)(C)c2ccc3c(c2)OCCO3)c1. The number of nitrogens with one attached hydrogen (secondary N) is 2. The van der Waals surface area contributed by atoms with Crippen molar-refractivity contribution in [3.8, 4) is 11.5 Å². The lowest BCUT2D eigenvalue weighted by molar-refractivity contribution is 0.101. The van der Waals surface area contributed by atoms with Crippen molar-refractivity contribution in [2.24, 2.45) is 0 Å². The number of hydrogen-bond donors (Lipinski definition) is 2. The molecule has 2 N–H and O–H groups in total. The molecule has 0 aromatic heterocycles. The van der Waals surface area contributed by atoms with E-state index in [2.05, 4.69) is 10.6 Å². The van der Waals surface area contributed by atoms with E-state index >= 15 is 0 Å². The molecule has 0 atom stereocenters. The van der Waals surface area contributed by atoms with Gasteiger partial charge >= 0.3 is 6.03 Å². The van der Waals surface area contributed by atoms with Gasteiger partial charge in [0, 0.05) is 11.3 Å². The first-order valence-electron chi connectivity index (χ1n) is 8.45. The maximum Gasteiger partial charge on any atom is 0.319 e. The van der Waals surface area contributed by atoms with Gasteiger partial charge in [0.25, 0.3) is 0 Å². The van der Waals surface area contributed by atoms with Crippen LogP contribution in [0.4, 0.5) is 10.5 Å². The van der Waals surface area contributed by atoms with Gasteiger partial charge in [0.1, 0.15) is 13.2 Å². The number of rotatable bonds is 4. The van der Waals surface area contributed by atoms with Crippen molar-refractivity contribution in [1.82, 2.24) is 5.32 Å². The third-order valence-corrected chi connectivity index (χ3v) is 4.22. The summed E-state index contributed by atoms with van der Waals surface area (Å²) in [6, 6.07) is 12.1. The number of benzene rings is 2. The topological polar surface area (TPSA) is 76.7 Å². The lowest BCUT2D eigenvalue weighted by Crippen LogP contribution is -2.43. The number of ketones is 1. The van der Waals surface area contributed by atoms with Gasteiger partial charge in [-0.25, -0.2) is 4.79 Å². The molecule has 0 aliphatic carbocycles. The summed E-state index contributed by atoms with van der Waals surface area (Å²) >= 11 is 0. The summed E-state index contributed by atoms with van der Waals surface area (Å²) < 4.78 is 11.1. The quantitative estimate of drug-likeness (QED) is 0.821. The molecule has 0 unspecified atom stereocenters. The van der Waals surface area contributed by atoms with Crippen LogP contribution in [0, 0.1) is 0 Å². The van der Waals surface area contributed by atoms with Gasteiger partial charge in [-0.3, -0.25) is 4.79 Å². The number of urea groups is 1. The number of amides is 2. The Morgan fingerprint density at radius 2 is 1.73 bits per heavy atom. The standard InChI is InChI=1S/C20H22N2O4/c1-13(23)14-5-4-6-16(11-14)21-19(24)22-20(2,3)15-7-8-17-18(12-15)26-10-9-25-17/h4-8,11-12H,9-10H2,1-3H3,(H2,21,22,24). The Morgan fingerprint density at radius 1 is 1.00 bits per heavy atom. The van der Waals surface area contributed by atoms with E-state index in [1.807, 2.05) is 32.0 Å². The highest BCUT2D eigenvalue weighted by Gasteiger charge is 2.25. The molecule has 6 nitrogen and oxygen atoms in total. The smallest absolute Gasteiger partial charge is 0.319 e. The van der Waals surface area contributed by atoms with Crippen LogP contribution in [0.2, 0.25) is 0 Å². The summed E-state index contributed by atoms with van der Waals surface area (Å²) in [7, 11) is 0. The fourth-order valence-corrected chi connectivity index (χ4v) is 2.77. The molecular formula is C20H22N2O4. The van der Waals surface area contributed by atoms with Crippen molar-refractivity contribution in [2.45, 2.75) is 26.3 Å². The largest absolute Gasteiger partial charge is 0.486 e. The van der Waals surface area contributed by atoms with Gasteiger partial charge in [-0.2, -0.15) is 0 Å². The Hall–Kier alpha value is -3.02. The van der Waals surface area contributed by atoms with Crippen LogP contribution in [0.15, 0.2) is 42.5 Å². The van der Waals surface area contributed by atoms with E-state index in [0.717, 1.165) is 5.56 Å². The van der Waals surface area contributed by atoms with Crippen molar-refractivity contribution >= 4 is 17.5 Å². The van der Waals surface area contributed by atoms with Crippen LogP contribution in [-0.4, -0.2) is 25.0 Å². The Bertz CT molecular complexity index is 845. The number of carbonyl (C=O) groups excluding carboxylic acids is 2. The van der Waals surface area contributed by atoms with E-state index in [9.17, 15) is 9.59 Å². The molecule has 0 spiro atoms. The van der Waals surface area contributed by atoms with E-state index in [1.54, 1.807) is 24.3 Å². The molecule has 3 rings (SSSR count). The third-order valence-electron chi connectivity index (χ3n) is 4.22. The molecule has 1 aliphatic heterocycles. The van der Waals surface area contributed by atoms with Gasteiger partial charge in [-0.15, -0.1) is 0 Å². The second kappa shape index (κ2) is 7.07. The molecule has 0 bridgehead atoms. The molecule has 0 fully saturated rings. The molecule has 1 aliphatic rings. The van der Waals surface area contributed by atoms with E-state index in [0.29, 0.717) is 36.0 Å². The molecular weight excluding hydrogens is 332 g/mol. The summed E-state index contributed by atoms with van der Waals surface area (Å²) in [5.41, 5.74) is 1.38. The van der Waals surface area contributed by atoms with Crippen LogP contribution in [0.1, 0.15) is 36.7 Å². The lowest BCUT2D eigenvalue weighted by Gasteiger charge is -2.28. The summed E-state index contributed by atoms with van der Waals surface area (Å²) in [6.07, 6.45) is 0. The molecule has 2 aromatic rings. The van der Waals surface area contributed by atoms with E-state index < -0.39 is 5.54 Å². The minimum atomic E-state index is -0.627. The normalized spacial score (nSPS) is 13.0. The van der Waals surface area contributed by atoms with Crippen LogP contribution in [0.3, 0.4) is 0 Å². The number of fused-ring (bicyclic) bond motifs is 1. The molecule has 2 aromatic carbocycles. The van der Waals surface area contributed by atoms with Gasteiger partial charge in [-0.1, -0.05) is 18.2 Å². The number of Topliss-reactive ketones (excluding diaryl/α,β-unsaturated/α-hetero) is 1. The Morgan fingerprint density at radius 3 is 2.46 bits per heavy atom. The average Bonchev–Trinajstić information content (AvgIpc) is 2.61. The Kier molecular flexibility index (Phi) is 4.84. The van der Waals surface area contributed by atoms with Gasteiger partial charge in [0.2, 0.25) is 0 Å². The van der Waals surface area contributed by atoms with Gasteiger partial charge < -0.3 is 20.1 Å². The van der Waals surface area contributed by atoms with E-state index in [4.69, 9.17) is 9.47 Å². The van der Waals surface area contributed by atoms with Crippen molar-refractivity contribution in [3.63, 3.8) is 0 Å². The molecule has 136 valence electrons. The molecule has 0 saturated heterocycles. The van der Waals surface area contributed by atoms with Crippen molar-refractivity contribution in [2.75, 3.05) is 18.5 Å². The monoisotopic (exact) mass is 354 g/mol. The first-order valence-corrected chi connectivity index (χ1v) is 8.45. The number of carbonyl (C=O) groups is 2. The number of ether oxygens (including phenoxy) is 2. The predicted molar refractivity (Wildman–Crippen MR) is 99.1 cm³/mol. The number of hydrogen-bond acceptors (Lipinski definition) is 4. The third kappa shape index (κ3) is 3.96. The minimum absolute atomic E-state index is 0.0503. The van der Waals surface area contributed by atoms with Crippen molar-refractivity contribution in [1.29, 1.82) is 0 Å². The van der Waals surface area contributed by atoms with Crippen molar-refractivity contribution in [3.05, 3.63) is 53.6 Å². The zero-order valence-electron chi connectivity index (χ0n) is 15.1. The van der Waals surface area contributed by atoms with Crippen LogP contribution in [-0.2, 0) is 5.54 Å². The van der Waals surface area contributed by atoms with Crippen LogP contribution >= 0.6 is 0 Å². The predicted octanol–water partition coefficient (Wildman–Crippen LogP) is 3.72. The second-order valence-corrected chi connectivity index (χ2v) is 6.70. The zero-order chi connectivity index (χ0) is 18.7. The minimum Gasteiger partial charge on any atom is -0.486 e. The molecule has 1 heterocycles.